The maximum Gasteiger partial charge on any atom is 0.159 e. The van der Waals surface area contributed by atoms with Crippen LogP contribution in [-0.4, -0.2) is 50.2 Å². The van der Waals surface area contributed by atoms with Crippen LogP contribution in [0, 0.1) is 6.92 Å². The van der Waals surface area contributed by atoms with Crippen molar-refractivity contribution in [1.29, 1.82) is 0 Å². The number of aliphatic hydroxyl groups is 1. The molecular formula is C18H20ClN5O2. The molecule has 1 aliphatic rings. The zero-order chi connectivity index (χ0) is 18.4. The lowest BCUT2D eigenvalue weighted by Gasteiger charge is -2.36. The van der Waals surface area contributed by atoms with E-state index in [0.717, 1.165) is 16.7 Å². The minimum atomic E-state index is -0.294. The molecular weight excluding hydrogens is 354 g/mol. The number of halogens is 1. The Hall–Kier alpha value is -2.38. The van der Waals surface area contributed by atoms with Gasteiger partial charge < -0.3 is 14.7 Å². The quantitative estimate of drug-likeness (QED) is 0.757. The van der Waals surface area contributed by atoms with Gasteiger partial charge in [0.15, 0.2) is 5.82 Å². The second kappa shape index (κ2) is 6.41. The summed E-state index contributed by atoms with van der Waals surface area (Å²) in [5, 5.41) is 15.5. The smallest absolute Gasteiger partial charge is 0.159 e. The van der Waals surface area contributed by atoms with Crippen LogP contribution < -0.4 is 9.64 Å². The first-order valence-corrected chi connectivity index (χ1v) is 8.91. The molecule has 3 aromatic rings. The molecule has 0 spiro atoms. The molecule has 1 saturated heterocycles. The molecule has 7 nitrogen and oxygen atoms in total. The molecule has 1 N–H and O–H groups in total. The van der Waals surface area contributed by atoms with Crippen molar-refractivity contribution in [2.45, 2.75) is 33.0 Å². The van der Waals surface area contributed by atoms with E-state index in [1.807, 2.05) is 43.9 Å². The van der Waals surface area contributed by atoms with Crippen molar-refractivity contribution < 1.29 is 9.84 Å². The fourth-order valence-electron chi connectivity index (χ4n) is 3.00. The van der Waals surface area contributed by atoms with Crippen LogP contribution in [-0.2, 0) is 0 Å². The Labute approximate surface area is 156 Å². The Morgan fingerprint density at radius 2 is 1.92 bits per heavy atom. The lowest BCUT2D eigenvalue weighted by molar-refractivity contribution is 0.141. The fraction of sp³-hybridized carbons (Fsp3) is 0.389. The maximum absolute atomic E-state index is 9.54. The second-order valence-corrected chi connectivity index (χ2v) is 7.16. The number of aromatic nitrogens is 4. The van der Waals surface area contributed by atoms with Crippen molar-refractivity contribution in [3.05, 3.63) is 35.2 Å². The van der Waals surface area contributed by atoms with E-state index in [0.29, 0.717) is 35.5 Å². The van der Waals surface area contributed by atoms with Crippen molar-refractivity contribution in [1.82, 2.24) is 19.7 Å². The number of aliphatic hydroxyl groups excluding tert-OH is 1. The van der Waals surface area contributed by atoms with E-state index in [9.17, 15) is 5.11 Å². The molecule has 2 aromatic heterocycles. The summed E-state index contributed by atoms with van der Waals surface area (Å²) in [5.41, 5.74) is 0.859. The van der Waals surface area contributed by atoms with Crippen molar-refractivity contribution in [2.75, 3.05) is 18.0 Å². The second-order valence-electron chi connectivity index (χ2n) is 6.75. The Bertz CT molecular complexity index is 966. The third-order valence-electron chi connectivity index (χ3n) is 4.20. The van der Waals surface area contributed by atoms with E-state index in [1.165, 1.54) is 0 Å². The molecule has 136 valence electrons. The molecule has 0 aliphatic carbocycles. The van der Waals surface area contributed by atoms with Crippen molar-refractivity contribution in [2.24, 2.45) is 0 Å². The summed E-state index contributed by atoms with van der Waals surface area (Å²) in [6, 6.07) is 5.61. The standard InChI is InChI=1S/C18H20ClN5O2/c1-10(2)26-16-5-15-12(4-14(16)19)7-20-24(15)18-6-17(21-11(3)22-18)23-8-13(25)9-23/h4-7,10,13,25H,8-9H2,1-3H3. The van der Waals surface area contributed by atoms with E-state index >= 15 is 0 Å². The molecule has 0 unspecified atom stereocenters. The number of benzene rings is 1. The van der Waals surface area contributed by atoms with Gasteiger partial charge in [-0.2, -0.15) is 5.10 Å². The maximum atomic E-state index is 9.54. The lowest BCUT2D eigenvalue weighted by atomic mass is 10.2. The fourth-order valence-corrected chi connectivity index (χ4v) is 3.22. The third kappa shape index (κ3) is 3.08. The van der Waals surface area contributed by atoms with Crippen LogP contribution in [0.5, 0.6) is 5.75 Å². The van der Waals surface area contributed by atoms with Crippen LogP contribution in [0.25, 0.3) is 16.7 Å². The van der Waals surface area contributed by atoms with Gasteiger partial charge in [0, 0.05) is 30.6 Å². The summed E-state index contributed by atoms with van der Waals surface area (Å²) >= 11 is 6.32. The van der Waals surface area contributed by atoms with Crippen LogP contribution in [0.3, 0.4) is 0 Å². The van der Waals surface area contributed by atoms with Gasteiger partial charge in [0.25, 0.3) is 0 Å². The highest BCUT2D eigenvalue weighted by molar-refractivity contribution is 6.32. The molecule has 0 radical (unpaired) electrons. The average Bonchev–Trinajstić information content (AvgIpc) is 2.93. The minimum Gasteiger partial charge on any atom is -0.489 e. The van der Waals surface area contributed by atoms with Gasteiger partial charge in [-0.05, 0) is 26.8 Å². The molecule has 1 aromatic carbocycles. The molecule has 0 bridgehead atoms. The monoisotopic (exact) mass is 373 g/mol. The molecule has 8 heteroatoms. The first-order chi connectivity index (χ1) is 12.4. The molecule has 4 rings (SSSR count). The third-order valence-corrected chi connectivity index (χ3v) is 4.49. The van der Waals surface area contributed by atoms with Gasteiger partial charge in [0.2, 0.25) is 0 Å². The Kier molecular flexibility index (Phi) is 4.20. The van der Waals surface area contributed by atoms with E-state index in [4.69, 9.17) is 16.3 Å². The molecule has 0 amide bonds. The number of hydrogen-bond donors (Lipinski definition) is 1. The van der Waals surface area contributed by atoms with E-state index in [1.54, 1.807) is 10.9 Å². The molecule has 1 fully saturated rings. The highest BCUT2D eigenvalue weighted by Gasteiger charge is 2.26. The number of nitrogens with zero attached hydrogens (tertiary/aromatic N) is 5. The SMILES string of the molecule is Cc1nc(N2CC(O)C2)cc(-n2ncc3cc(Cl)c(OC(C)C)cc32)n1. The number of aryl methyl sites for hydroxylation is 1. The van der Waals surface area contributed by atoms with Crippen LogP contribution in [0.2, 0.25) is 5.02 Å². The first kappa shape index (κ1) is 17.1. The largest absolute Gasteiger partial charge is 0.489 e. The topological polar surface area (TPSA) is 76.3 Å². The number of rotatable bonds is 4. The zero-order valence-electron chi connectivity index (χ0n) is 14.8. The van der Waals surface area contributed by atoms with E-state index < -0.39 is 0 Å². The number of hydrogen-bond acceptors (Lipinski definition) is 6. The van der Waals surface area contributed by atoms with Gasteiger partial charge in [-0.25, -0.2) is 14.6 Å². The molecule has 0 atom stereocenters. The molecule has 1 aliphatic heterocycles. The number of anilines is 1. The predicted octanol–water partition coefficient (Wildman–Crippen LogP) is 2.75. The van der Waals surface area contributed by atoms with Crippen LogP contribution in [0.15, 0.2) is 24.4 Å². The van der Waals surface area contributed by atoms with Gasteiger partial charge in [0.05, 0.1) is 28.9 Å². The van der Waals surface area contributed by atoms with E-state index in [-0.39, 0.29) is 12.2 Å². The van der Waals surface area contributed by atoms with Gasteiger partial charge in [0.1, 0.15) is 17.4 Å². The molecule has 26 heavy (non-hydrogen) atoms. The summed E-state index contributed by atoms with van der Waals surface area (Å²) in [4.78, 5) is 11.0. The number of fused-ring (bicyclic) bond motifs is 1. The Balaban J connectivity index is 1.79. The number of β-amino-alcohol motifs (C(OH)–C–C–N with tert-alkyl or cyclic N) is 1. The van der Waals surface area contributed by atoms with Crippen LogP contribution >= 0.6 is 11.6 Å². The summed E-state index contributed by atoms with van der Waals surface area (Å²) < 4.78 is 7.55. The predicted molar refractivity (Wildman–Crippen MR) is 100 cm³/mol. The normalized spacial score (nSPS) is 14.9. The highest BCUT2D eigenvalue weighted by atomic mass is 35.5. The zero-order valence-corrected chi connectivity index (χ0v) is 15.6. The van der Waals surface area contributed by atoms with Gasteiger partial charge in [-0.1, -0.05) is 11.6 Å². The van der Waals surface area contributed by atoms with Crippen LogP contribution in [0.1, 0.15) is 19.7 Å². The summed E-state index contributed by atoms with van der Waals surface area (Å²) in [6.07, 6.45) is 1.48. The minimum absolute atomic E-state index is 0.0204. The first-order valence-electron chi connectivity index (χ1n) is 8.53. The van der Waals surface area contributed by atoms with E-state index in [2.05, 4.69) is 15.1 Å². The van der Waals surface area contributed by atoms with Crippen LogP contribution in [0.4, 0.5) is 5.82 Å². The summed E-state index contributed by atoms with van der Waals surface area (Å²) in [5.74, 6) is 2.72. The average molecular weight is 374 g/mol. The lowest BCUT2D eigenvalue weighted by Crippen LogP contribution is -2.51. The highest BCUT2D eigenvalue weighted by Crippen LogP contribution is 2.32. The van der Waals surface area contributed by atoms with Gasteiger partial charge in [-0.15, -0.1) is 0 Å². The van der Waals surface area contributed by atoms with Crippen molar-refractivity contribution in [3.63, 3.8) is 0 Å². The molecule has 3 heterocycles. The Morgan fingerprint density at radius 3 is 2.62 bits per heavy atom. The summed E-state index contributed by atoms with van der Waals surface area (Å²) in [7, 11) is 0. The van der Waals surface area contributed by atoms with Gasteiger partial charge >= 0.3 is 0 Å². The van der Waals surface area contributed by atoms with Gasteiger partial charge in [-0.3, -0.25) is 0 Å². The Morgan fingerprint density at radius 1 is 1.19 bits per heavy atom. The number of ether oxygens (including phenoxy) is 1. The summed E-state index contributed by atoms with van der Waals surface area (Å²) in [6.45, 7) is 6.92. The van der Waals surface area contributed by atoms with Crippen molar-refractivity contribution in [3.8, 4) is 11.6 Å². The van der Waals surface area contributed by atoms with Crippen molar-refractivity contribution >= 4 is 28.3 Å². The molecule has 0 saturated carbocycles.